The summed E-state index contributed by atoms with van der Waals surface area (Å²) in [6, 6.07) is 14.3. The second-order valence-electron chi connectivity index (χ2n) is 7.58. The van der Waals surface area contributed by atoms with Crippen molar-refractivity contribution in [3.05, 3.63) is 64.2 Å². The molecule has 2 aliphatic rings. The van der Waals surface area contributed by atoms with E-state index in [0.29, 0.717) is 12.0 Å². The van der Waals surface area contributed by atoms with Gasteiger partial charge in [0.05, 0.1) is 0 Å². The molecule has 4 rings (SSSR count). The quantitative estimate of drug-likeness (QED) is 0.724. The van der Waals surface area contributed by atoms with E-state index in [0.717, 1.165) is 6.54 Å². The minimum absolute atomic E-state index is 0.237. The first-order valence-corrected chi connectivity index (χ1v) is 8.37. The molecule has 2 heterocycles. The Labute approximate surface area is 134 Å². The van der Waals surface area contributed by atoms with E-state index in [4.69, 9.17) is 0 Å². The third kappa shape index (κ3) is 1.60. The van der Waals surface area contributed by atoms with Crippen molar-refractivity contribution >= 4 is 5.69 Å². The lowest BCUT2D eigenvalue weighted by Crippen LogP contribution is -2.35. The van der Waals surface area contributed by atoms with E-state index in [9.17, 15) is 0 Å². The predicted molar refractivity (Wildman–Crippen MR) is 94.0 cm³/mol. The lowest BCUT2D eigenvalue weighted by Gasteiger charge is -2.38. The fourth-order valence-corrected chi connectivity index (χ4v) is 5.07. The van der Waals surface area contributed by atoms with E-state index < -0.39 is 0 Å². The van der Waals surface area contributed by atoms with Crippen LogP contribution >= 0.6 is 0 Å². The van der Waals surface area contributed by atoms with E-state index in [1.807, 2.05) is 0 Å². The van der Waals surface area contributed by atoms with Gasteiger partial charge in [-0.3, -0.25) is 0 Å². The number of benzene rings is 2. The molecule has 0 aliphatic carbocycles. The van der Waals surface area contributed by atoms with Crippen LogP contribution in [0.1, 0.15) is 47.6 Å². The summed E-state index contributed by atoms with van der Waals surface area (Å²) >= 11 is 0. The highest BCUT2D eigenvalue weighted by molar-refractivity contribution is 5.69. The molecular formula is C21H25N. The lowest BCUT2D eigenvalue weighted by atomic mass is 9.67. The highest BCUT2D eigenvalue weighted by Gasteiger charge is 2.55. The van der Waals surface area contributed by atoms with Crippen molar-refractivity contribution in [2.45, 2.75) is 52.0 Å². The molecule has 0 aromatic heterocycles. The molecule has 3 unspecified atom stereocenters. The molecule has 1 heteroatoms. The van der Waals surface area contributed by atoms with Crippen LogP contribution in [0.4, 0.5) is 5.69 Å². The van der Waals surface area contributed by atoms with E-state index in [1.165, 1.54) is 27.9 Å². The topological polar surface area (TPSA) is 3.24 Å². The SMILES string of the molecule is Cc1cc(C)c(C)c(C2C(C)N3CC2(C)c2ccccc23)c1. The van der Waals surface area contributed by atoms with Crippen LogP contribution in [0.3, 0.4) is 0 Å². The largest absolute Gasteiger partial charge is 0.367 e. The van der Waals surface area contributed by atoms with Crippen LogP contribution < -0.4 is 4.90 Å². The third-order valence-corrected chi connectivity index (χ3v) is 6.17. The Kier molecular flexibility index (Phi) is 2.76. The fraction of sp³-hybridized carbons (Fsp3) is 0.429. The average Bonchev–Trinajstić information content (AvgIpc) is 2.92. The molecule has 1 fully saturated rings. The summed E-state index contributed by atoms with van der Waals surface area (Å²) in [7, 11) is 0. The summed E-state index contributed by atoms with van der Waals surface area (Å²) in [5.74, 6) is 0.584. The Morgan fingerprint density at radius 3 is 2.59 bits per heavy atom. The highest BCUT2D eigenvalue weighted by Crippen LogP contribution is 2.58. The van der Waals surface area contributed by atoms with Crippen LogP contribution in [0.15, 0.2) is 36.4 Å². The average molecular weight is 291 g/mol. The normalized spacial score (nSPS) is 29.0. The molecule has 0 radical (unpaired) electrons. The summed E-state index contributed by atoms with van der Waals surface area (Å²) in [4.78, 5) is 2.62. The van der Waals surface area contributed by atoms with E-state index in [2.05, 4.69) is 75.9 Å². The monoisotopic (exact) mass is 291 g/mol. The van der Waals surface area contributed by atoms with E-state index >= 15 is 0 Å². The molecule has 0 spiro atoms. The molecule has 3 atom stereocenters. The van der Waals surface area contributed by atoms with Gasteiger partial charge in [0.2, 0.25) is 0 Å². The maximum Gasteiger partial charge on any atom is 0.0408 e. The molecule has 1 saturated heterocycles. The van der Waals surface area contributed by atoms with Gasteiger partial charge in [0.25, 0.3) is 0 Å². The first kappa shape index (κ1) is 13.9. The van der Waals surface area contributed by atoms with Crippen molar-refractivity contribution in [3.63, 3.8) is 0 Å². The van der Waals surface area contributed by atoms with Crippen molar-refractivity contribution in [1.29, 1.82) is 0 Å². The first-order valence-electron chi connectivity index (χ1n) is 8.37. The third-order valence-electron chi connectivity index (χ3n) is 6.17. The molecule has 2 aliphatic heterocycles. The van der Waals surface area contributed by atoms with Gasteiger partial charge in [-0.25, -0.2) is 0 Å². The number of nitrogens with zero attached hydrogens (tertiary/aromatic N) is 1. The molecule has 114 valence electrons. The molecule has 22 heavy (non-hydrogen) atoms. The number of anilines is 1. The van der Waals surface area contributed by atoms with Gasteiger partial charge >= 0.3 is 0 Å². The summed E-state index contributed by atoms with van der Waals surface area (Å²) in [6.07, 6.45) is 0. The van der Waals surface area contributed by atoms with Crippen LogP contribution in [-0.2, 0) is 5.41 Å². The smallest absolute Gasteiger partial charge is 0.0408 e. The molecule has 1 nitrogen and oxygen atoms in total. The van der Waals surface area contributed by atoms with Crippen molar-refractivity contribution in [2.24, 2.45) is 0 Å². The molecule has 0 amide bonds. The summed E-state index contributed by atoms with van der Waals surface area (Å²) in [5, 5.41) is 0. The minimum Gasteiger partial charge on any atom is -0.367 e. The van der Waals surface area contributed by atoms with Crippen LogP contribution in [0, 0.1) is 20.8 Å². The number of para-hydroxylation sites is 1. The number of rotatable bonds is 1. The molecule has 0 saturated carbocycles. The second kappa shape index (κ2) is 4.38. The van der Waals surface area contributed by atoms with Crippen molar-refractivity contribution in [1.82, 2.24) is 0 Å². The Morgan fingerprint density at radius 1 is 1.09 bits per heavy atom. The van der Waals surface area contributed by atoms with Gasteiger partial charge in [0.1, 0.15) is 0 Å². The zero-order chi connectivity index (χ0) is 15.6. The Hall–Kier alpha value is -1.76. The Balaban J connectivity index is 1.92. The molecule has 2 aromatic rings. The van der Waals surface area contributed by atoms with E-state index in [1.54, 1.807) is 5.56 Å². The van der Waals surface area contributed by atoms with Gasteiger partial charge in [-0.1, -0.05) is 42.8 Å². The number of aryl methyl sites for hydroxylation is 2. The number of hydrogen-bond acceptors (Lipinski definition) is 1. The maximum absolute atomic E-state index is 2.62. The zero-order valence-corrected chi connectivity index (χ0v) is 14.3. The zero-order valence-electron chi connectivity index (χ0n) is 14.3. The molecule has 0 N–H and O–H groups in total. The van der Waals surface area contributed by atoms with Crippen molar-refractivity contribution in [3.8, 4) is 0 Å². The van der Waals surface area contributed by atoms with Crippen molar-refractivity contribution in [2.75, 3.05) is 11.4 Å². The number of hydrogen-bond donors (Lipinski definition) is 0. The van der Waals surface area contributed by atoms with Gasteiger partial charge in [-0.15, -0.1) is 0 Å². The van der Waals surface area contributed by atoms with Gasteiger partial charge in [-0.05, 0) is 56.0 Å². The van der Waals surface area contributed by atoms with Crippen molar-refractivity contribution < 1.29 is 0 Å². The molecule has 2 aromatic carbocycles. The molecular weight excluding hydrogens is 266 g/mol. The summed E-state index contributed by atoms with van der Waals surface area (Å²) < 4.78 is 0. The van der Waals surface area contributed by atoms with Crippen LogP contribution in [0.25, 0.3) is 0 Å². The number of fused-ring (bicyclic) bond motifs is 5. The van der Waals surface area contributed by atoms with Gasteiger partial charge in [-0.2, -0.15) is 0 Å². The maximum atomic E-state index is 2.62. The lowest BCUT2D eigenvalue weighted by molar-refractivity contribution is 0.434. The van der Waals surface area contributed by atoms with Crippen LogP contribution in [0.5, 0.6) is 0 Å². The van der Waals surface area contributed by atoms with Crippen LogP contribution in [-0.4, -0.2) is 12.6 Å². The predicted octanol–water partition coefficient (Wildman–Crippen LogP) is 4.88. The highest BCUT2D eigenvalue weighted by atomic mass is 15.2. The Bertz CT molecular complexity index is 760. The molecule has 2 bridgehead atoms. The minimum atomic E-state index is 0.237. The Morgan fingerprint density at radius 2 is 1.82 bits per heavy atom. The van der Waals surface area contributed by atoms with Gasteiger partial charge in [0, 0.05) is 29.6 Å². The van der Waals surface area contributed by atoms with E-state index in [-0.39, 0.29) is 5.41 Å². The second-order valence-corrected chi connectivity index (χ2v) is 7.58. The first-order chi connectivity index (χ1) is 10.4. The standard InChI is InChI=1S/C21H25N/c1-13-10-14(2)15(3)17(11-13)20-16(4)22-12-21(20,5)18-8-6-7-9-19(18)22/h6-11,16,20H,12H2,1-5H3. The summed E-state index contributed by atoms with van der Waals surface area (Å²) in [6.45, 7) is 12.8. The van der Waals surface area contributed by atoms with Gasteiger partial charge in [0.15, 0.2) is 0 Å². The summed E-state index contributed by atoms with van der Waals surface area (Å²) in [5.41, 5.74) is 9.09. The van der Waals surface area contributed by atoms with Crippen LogP contribution in [0.2, 0.25) is 0 Å². The fourth-order valence-electron chi connectivity index (χ4n) is 5.07. The van der Waals surface area contributed by atoms with Gasteiger partial charge < -0.3 is 4.90 Å².